The number of hydrogen-bond donors (Lipinski definition) is 0. The van der Waals surface area contributed by atoms with E-state index in [4.69, 9.17) is 4.74 Å². The number of methoxy groups -OCH3 is 1. The fourth-order valence-corrected chi connectivity index (χ4v) is 1.17. The van der Waals surface area contributed by atoms with Crippen molar-refractivity contribution in [3.63, 3.8) is 0 Å². The van der Waals surface area contributed by atoms with Crippen molar-refractivity contribution in [1.82, 2.24) is 0 Å². The topological polar surface area (TPSA) is 35.5 Å². The van der Waals surface area contributed by atoms with Crippen LogP contribution >= 0.6 is 0 Å². The third-order valence-corrected chi connectivity index (χ3v) is 2.23. The summed E-state index contributed by atoms with van der Waals surface area (Å²) in [6.07, 6.45) is 0. The summed E-state index contributed by atoms with van der Waals surface area (Å²) in [6.45, 7) is 3.29. The highest BCUT2D eigenvalue weighted by Gasteiger charge is 2.29. The predicted molar refractivity (Wildman–Crippen MR) is 57.7 cm³/mol. The third kappa shape index (κ3) is 3.41. The molecule has 0 saturated carbocycles. The Hall–Kier alpha value is -1.65. The zero-order chi connectivity index (χ0) is 13.1. The summed E-state index contributed by atoms with van der Waals surface area (Å²) in [5, 5.41) is 0. The molecule has 1 aromatic carbocycles. The fraction of sp³-hybridized carbons (Fsp3) is 0.417. The second-order valence-electron chi connectivity index (χ2n) is 4.24. The minimum absolute atomic E-state index is 0.0186. The first-order valence-corrected chi connectivity index (χ1v) is 5.03. The number of carbonyl (C=O) groups excluding carboxylic acids is 1. The summed E-state index contributed by atoms with van der Waals surface area (Å²) in [4.78, 5) is 11.3. The average molecular weight is 244 g/mol. The molecule has 3 nitrogen and oxygen atoms in total. The Morgan fingerprint density at radius 1 is 1.29 bits per heavy atom. The summed E-state index contributed by atoms with van der Waals surface area (Å²) >= 11 is 0. The Bertz CT molecular complexity index is 416. The van der Waals surface area contributed by atoms with Crippen LogP contribution in [0.5, 0.6) is 5.75 Å². The number of benzene rings is 1. The van der Waals surface area contributed by atoms with E-state index >= 15 is 0 Å². The molecule has 0 aliphatic carbocycles. The molecular formula is C12H14F2O3. The predicted octanol–water partition coefficient (Wildman–Crippen LogP) is 2.54. The lowest BCUT2D eigenvalue weighted by Crippen LogP contribution is -2.32. The normalized spacial score (nSPS) is 11.1. The molecule has 0 aliphatic heterocycles. The third-order valence-electron chi connectivity index (χ3n) is 2.23. The largest absolute Gasteiger partial charge is 0.492 e. The van der Waals surface area contributed by atoms with Gasteiger partial charge in [-0.15, -0.1) is 0 Å². The van der Waals surface area contributed by atoms with Gasteiger partial charge in [-0.25, -0.2) is 8.78 Å². The van der Waals surface area contributed by atoms with E-state index in [0.717, 1.165) is 12.1 Å². The van der Waals surface area contributed by atoms with Crippen molar-refractivity contribution in [2.75, 3.05) is 13.7 Å². The molecule has 0 bridgehead atoms. The fourth-order valence-electron chi connectivity index (χ4n) is 1.17. The quantitative estimate of drug-likeness (QED) is 0.763. The molecule has 0 heterocycles. The lowest BCUT2D eigenvalue weighted by molar-refractivity contribution is -0.152. The Morgan fingerprint density at radius 3 is 2.47 bits per heavy atom. The van der Waals surface area contributed by atoms with Gasteiger partial charge in [0.25, 0.3) is 0 Å². The first-order chi connectivity index (χ1) is 7.86. The van der Waals surface area contributed by atoms with Crippen LogP contribution in [-0.2, 0) is 9.53 Å². The number of halogens is 2. The molecule has 0 atom stereocenters. The highest BCUT2D eigenvalue weighted by atomic mass is 19.2. The van der Waals surface area contributed by atoms with Gasteiger partial charge in [-0.1, -0.05) is 0 Å². The minimum atomic E-state index is -0.988. The molecule has 0 aromatic heterocycles. The van der Waals surface area contributed by atoms with Gasteiger partial charge >= 0.3 is 5.97 Å². The van der Waals surface area contributed by atoms with Crippen molar-refractivity contribution in [1.29, 1.82) is 0 Å². The van der Waals surface area contributed by atoms with Crippen LogP contribution in [0, 0.1) is 17.0 Å². The van der Waals surface area contributed by atoms with Crippen LogP contribution in [0.1, 0.15) is 13.8 Å². The Morgan fingerprint density at radius 2 is 1.94 bits per heavy atom. The Labute approximate surface area is 98.3 Å². The molecule has 0 aliphatic rings. The van der Waals surface area contributed by atoms with Gasteiger partial charge in [0, 0.05) is 6.07 Å². The van der Waals surface area contributed by atoms with E-state index in [1.54, 1.807) is 13.8 Å². The van der Waals surface area contributed by atoms with Gasteiger partial charge in [0.2, 0.25) is 0 Å². The molecule has 1 rings (SSSR count). The van der Waals surface area contributed by atoms with Crippen LogP contribution in [0.25, 0.3) is 0 Å². The van der Waals surface area contributed by atoms with E-state index < -0.39 is 23.0 Å². The molecule has 0 amide bonds. The molecule has 0 saturated heterocycles. The number of rotatable bonds is 4. The van der Waals surface area contributed by atoms with Gasteiger partial charge < -0.3 is 9.47 Å². The summed E-state index contributed by atoms with van der Waals surface area (Å²) in [5.41, 5.74) is -0.848. The summed E-state index contributed by atoms with van der Waals surface area (Å²) in [7, 11) is 1.28. The molecule has 0 unspecified atom stereocenters. The van der Waals surface area contributed by atoms with E-state index in [2.05, 4.69) is 4.74 Å². The molecule has 5 heteroatoms. The molecule has 0 fully saturated rings. The second-order valence-corrected chi connectivity index (χ2v) is 4.24. The standard InChI is InChI=1S/C12H14F2O3/c1-12(2,11(15)16-3)7-17-8-4-5-9(13)10(14)6-8/h4-6H,7H2,1-3H3. The molecular weight excluding hydrogens is 230 g/mol. The number of esters is 1. The summed E-state index contributed by atoms with van der Waals surface area (Å²) in [6, 6.07) is 3.20. The van der Waals surface area contributed by atoms with E-state index in [-0.39, 0.29) is 12.4 Å². The highest BCUT2D eigenvalue weighted by molar-refractivity contribution is 5.75. The van der Waals surface area contributed by atoms with Crippen LogP contribution < -0.4 is 4.74 Å². The van der Waals surface area contributed by atoms with Gasteiger partial charge in [0.1, 0.15) is 12.4 Å². The van der Waals surface area contributed by atoms with Crippen molar-refractivity contribution in [3.8, 4) is 5.75 Å². The maximum absolute atomic E-state index is 12.9. The molecule has 17 heavy (non-hydrogen) atoms. The SMILES string of the molecule is COC(=O)C(C)(C)COc1ccc(F)c(F)c1. The highest BCUT2D eigenvalue weighted by Crippen LogP contribution is 2.21. The molecule has 0 spiro atoms. The number of ether oxygens (including phenoxy) is 2. The maximum atomic E-state index is 12.9. The number of hydrogen-bond acceptors (Lipinski definition) is 3. The summed E-state index contributed by atoms with van der Waals surface area (Å²) < 4.78 is 35.3. The van der Waals surface area contributed by atoms with Crippen molar-refractivity contribution >= 4 is 5.97 Å². The first-order valence-electron chi connectivity index (χ1n) is 5.03. The molecule has 94 valence electrons. The van der Waals surface area contributed by atoms with Crippen LogP contribution in [-0.4, -0.2) is 19.7 Å². The lowest BCUT2D eigenvalue weighted by atomic mass is 9.95. The molecule has 0 radical (unpaired) electrons. The van der Waals surface area contributed by atoms with Crippen molar-refractivity contribution in [2.24, 2.45) is 5.41 Å². The van der Waals surface area contributed by atoms with Gasteiger partial charge in [0.15, 0.2) is 11.6 Å². The van der Waals surface area contributed by atoms with E-state index in [1.807, 2.05) is 0 Å². The van der Waals surface area contributed by atoms with Crippen LogP contribution in [0.2, 0.25) is 0 Å². The van der Waals surface area contributed by atoms with E-state index in [0.29, 0.717) is 0 Å². The van der Waals surface area contributed by atoms with E-state index in [9.17, 15) is 13.6 Å². The minimum Gasteiger partial charge on any atom is -0.492 e. The summed E-state index contributed by atoms with van der Waals surface area (Å²) in [5.74, 6) is -2.19. The average Bonchev–Trinajstić information content (AvgIpc) is 2.29. The van der Waals surface area contributed by atoms with Crippen molar-refractivity contribution < 1.29 is 23.0 Å². The van der Waals surface area contributed by atoms with Crippen LogP contribution in [0.4, 0.5) is 8.78 Å². The van der Waals surface area contributed by atoms with Crippen molar-refractivity contribution in [3.05, 3.63) is 29.8 Å². The van der Waals surface area contributed by atoms with Crippen LogP contribution in [0.3, 0.4) is 0 Å². The van der Waals surface area contributed by atoms with Crippen LogP contribution in [0.15, 0.2) is 18.2 Å². The molecule has 1 aromatic rings. The first kappa shape index (κ1) is 13.4. The van der Waals surface area contributed by atoms with Gasteiger partial charge in [0.05, 0.1) is 12.5 Å². The van der Waals surface area contributed by atoms with Crippen molar-refractivity contribution in [2.45, 2.75) is 13.8 Å². The van der Waals surface area contributed by atoms with Gasteiger partial charge in [-0.05, 0) is 26.0 Å². The second kappa shape index (κ2) is 5.12. The number of carbonyl (C=O) groups is 1. The zero-order valence-electron chi connectivity index (χ0n) is 9.92. The monoisotopic (exact) mass is 244 g/mol. The van der Waals surface area contributed by atoms with Gasteiger partial charge in [-0.3, -0.25) is 4.79 Å². The Balaban J connectivity index is 2.67. The smallest absolute Gasteiger partial charge is 0.314 e. The Kier molecular flexibility index (Phi) is 4.04. The maximum Gasteiger partial charge on any atom is 0.314 e. The molecule has 0 N–H and O–H groups in total. The van der Waals surface area contributed by atoms with E-state index in [1.165, 1.54) is 13.2 Å². The lowest BCUT2D eigenvalue weighted by Gasteiger charge is -2.21. The van der Waals surface area contributed by atoms with Gasteiger partial charge in [-0.2, -0.15) is 0 Å². The zero-order valence-corrected chi connectivity index (χ0v) is 9.92.